The van der Waals surface area contributed by atoms with Crippen molar-refractivity contribution >= 4 is 29.2 Å². The molecule has 0 aliphatic carbocycles. The summed E-state index contributed by atoms with van der Waals surface area (Å²) in [7, 11) is 1.53. The van der Waals surface area contributed by atoms with Crippen LogP contribution in [0.2, 0.25) is 0 Å². The minimum atomic E-state index is -1.07. The predicted octanol–water partition coefficient (Wildman–Crippen LogP) is 3.33. The van der Waals surface area contributed by atoms with Crippen LogP contribution in [-0.2, 0) is 9.59 Å². The van der Waals surface area contributed by atoms with E-state index >= 15 is 0 Å². The van der Waals surface area contributed by atoms with Crippen LogP contribution in [0.1, 0.15) is 46.0 Å². The molecule has 1 unspecified atom stereocenters. The third-order valence-corrected chi connectivity index (χ3v) is 4.52. The summed E-state index contributed by atoms with van der Waals surface area (Å²) in [6.45, 7) is 4.58. The van der Waals surface area contributed by atoms with E-state index in [0.29, 0.717) is 30.1 Å². The number of ether oxygens (including phenoxy) is 1. The quantitative estimate of drug-likeness (QED) is 0.408. The normalized spacial score (nSPS) is 17.9. The van der Waals surface area contributed by atoms with Gasteiger partial charge in [-0.25, -0.2) is 9.69 Å². The first-order valence-corrected chi connectivity index (χ1v) is 9.39. The maximum atomic E-state index is 13.0. The van der Waals surface area contributed by atoms with Gasteiger partial charge in [-0.05, 0) is 37.1 Å². The van der Waals surface area contributed by atoms with Gasteiger partial charge in [-0.15, -0.1) is 0 Å². The Hall–Kier alpha value is -2.70. The lowest BCUT2D eigenvalue weighted by molar-refractivity contribution is -0.131. The molecule has 0 spiro atoms. The third-order valence-electron chi connectivity index (χ3n) is 4.52. The molecule has 7 nitrogen and oxygen atoms in total. The lowest BCUT2D eigenvalue weighted by Crippen LogP contribution is -2.60. The van der Waals surface area contributed by atoms with Crippen LogP contribution in [0.4, 0.5) is 10.5 Å². The molecule has 1 saturated heterocycles. The van der Waals surface area contributed by atoms with E-state index in [1.807, 2.05) is 6.92 Å². The van der Waals surface area contributed by atoms with Crippen molar-refractivity contribution in [2.45, 2.75) is 46.0 Å². The molecule has 7 heteroatoms. The molecule has 0 bridgehead atoms. The Labute approximate surface area is 159 Å². The molecule has 1 aliphatic rings. The molecule has 1 aliphatic heterocycles. The molecule has 0 aromatic heterocycles. The van der Waals surface area contributed by atoms with Gasteiger partial charge in [0.15, 0.2) is 5.92 Å². The molecule has 1 aromatic rings. The van der Waals surface area contributed by atoms with Crippen LogP contribution >= 0.6 is 0 Å². The number of amides is 4. The van der Waals surface area contributed by atoms with Gasteiger partial charge in [0.25, 0.3) is 5.91 Å². The Bertz CT molecular complexity index is 712. The van der Waals surface area contributed by atoms with E-state index in [0.717, 1.165) is 30.6 Å². The molecular weight excluding hydrogens is 346 g/mol. The summed E-state index contributed by atoms with van der Waals surface area (Å²) in [4.78, 5) is 43.1. The van der Waals surface area contributed by atoms with Crippen molar-refractivity contribution in [3.05, 3.63) is 24.3 Å². The number of unbranched alkanes of at least 4 members (excludes halogenated alkanes) is 3. The monoisotopic (exact) mass is 373 g/mol. The number of nitrogens with one attached hydrogen (secondary N) is 1. The van der Waals surface area contributed by atoms with Gasteiger partial charge < -0.3 is 4.74 Å². The van der Waals surface area contributed by atoms with Crippen LogP contribution < -0.4 is 15.0 Å². The highest BCUT2D eigenvalue weighted by molar-refractivity contribution is 6.35. The van der Waals surface area contributed by atoms with Gasteiger partial charge in [-0.2, -0.15) is 0 Å². The number of benzene rings is 1. The Morgan fingerprint density at radius 3 is 2.41 bits per heavy atom. The van der Waals surface area contributed by atoms with Crippen molar-refractivity contribution in [2.75, 3.05) is 18.6 Å². The lowest BCUT2D eigenvalue weighted by Gasteiger charge is -2.30. The maximum Gasteiger partial charge on any atom is 0.335 e. The van der Waals surface area contributed by atoms with Crippen LogP contribution in [0.3, 0.4) is 0 Å². The predicted molar refractivity (Wildman–Crippen MR) is 104 cm³/mol. The number of carbonyl (C=O) groups is 3. The molecule has 1 N–H and O–H groups in total. The van der Waals surface area contributed by atoms with E-state index < -0.39 is 23.8 Å². The highest BCUT2D eigenvalue weighted by Gasteiger charge is 2.43. The number of nitrogens with zero attached hydrogens (tertiary/aromatic N) is 2. The van der Waals surface area contributed by atoms with Gasteiger partial charge in [0.1, 0.15) is 5.75 Å². The molecule has 146 valence electrons. The molecule has 27 heavy (non-hydrogen) atoms. The van der Waals surface area contributed by atoms with E-state index in [1.54, 1.807) is 24.3 Å². The van der Waals surface area contributed by atoms with Gasteiger partial charge in [-0.3, -0.25) is 19.9 Å². The van der Waals surface area contributed by atoms with Crippen LogP contribution in [-0.4, -0.2) is 37.2 Å². The fourth-order valence-corrected chi connectivity index (χ4v) is 3.01. The van der Waals surface area contributed by atoms with E-state index in [2.05, 4.69) is 17.2 Å². The zero-order valence-corrected chi connectivity index (χ0v) is 16.2. The molecule has 1 heterocycles. The summed E-state index contributed by atoms with van der Waals surface area (Å²) in [6.07, 6.45) is 4.73. The number of rotatable bonds is 9. The van der Waals surface area contributed by atoms with Crippen LogP contribution in [0.25, 0.3) is 0 Å². The average molecular weight is 373 g/mol. The molecule has 2 rings (SSSR count). The van der Waals surface area contributed by atoms with Crippen molar-refractivity contribution in [1.29, 1.82) is 0 Å². The SMILES string of the molecule is CCCCCCN=C(CC)C1C(=O)NC(=O)N(c2ccc(OC)cc2)C1=O. The number of anilines is 1. The summed E-state index contributed by atoms with van der Waals surface area (Å²) < 4.78 is 5.10. The van der Waals surface area contributed by atoms with Gasteiger partial charge in [0.2, 0.25) is 5.91 Å². The number of hydrogen-bond donors (Lipinski definition) is 1. The summed E-state index contributed by atoms with van der Waals surface area (Å²) in [5.74, 6) is -1.63. The van der Waals surface area contributed by atoms with E-state index in [9.17, 15) is 14.4 Å². The molecule has 1 atom stereocenters. The van der Waals surface area contributed by atoms with Gasteiger partial charge >= 0.3 is 6.03 Å². The lowest BCUT2D eigenvalue weighted by atomic mass is 9.96. The van der Waals surface area contributed by atoms with Gasteiger partial charge in [0, 0.05) is 12.3 Å². The Kier molecular flexibility index (Phi) is 7.52. The first kappa shape index (κ1) is 20.6. The number of aliphatic imine (C=N–C) groups is 1. The molecule has 4 amide bonds. The van der Waals surface area contributed by atoms with Crippen LogP contribution in [0.5, 0.6) is 5.75 Å². The van der Waals surface area contributed by atoms with Crippen LogP contribution in [0.15, 0.2) is 29.3 Å². The van der Waals surface area contributed by atoms with Gasteiger partial charge in [-0.1, -0.05) is 33.1 Å². The maximum absolute atomic E-state index is 13.0. The second kappa shape index (κ2) is 9.85. The molecule has 0 saturated carbocycles. The third kappa shape index (κ3) is 4.93. The number of hydrogen-bond acceptors (Lipinski definition) is 5. The Morgan fingerprint density at radius 2 is 1.81 bits per heavy atom. The number of methoxy groups -OCH3 is 1. The number of urea groups is 1. The van der Waals surface area contributed by atoms with Gasteiger partial charge in [0.05, 0.1) is 12.8 Å². The second-order valence-electron chi connectivity index (χ2n) is 6.39. The van der Waals surface area contributed by atoms with E-state index in [1.165, 1.54) is 7.11 Å². The van der Waals surface area contributed by atoms with Crippen molar-refractivity contribution < 1.29 is 19.1 Å². The molecular formula is C20H27N3O4. The summed E-state index contributed by atoms with van der Waals surface area (Å²) >= 11 is 0. The largest absolute Gasteiger partial charge is 0.497 e. The number of barbiturate groups is 1. The molecule has 1 fully saturated rings. The summed E-state index contributed by atoms with van der Waals surface area (Å²) in [6, 6.07) is 5.78. The Morgan fingerprint density at radius 1 is 1.11 bits per heavy atom. The topological polar surface area (TPSA) is 88.1 Å². The summed E-state index contributed by atoms with van der Waals surface area (Å²) in [5.41, 5.74) is 0.897. The zero-order valence-electron chi connectivity index (χ0n) is 16.2. The average Bonchev–Trinajstić information content (AvgIpc) is 2.66. The standard InChI is InChI=1S/C20H27N3O4/c1-4-6-7-8-13-21-16(5-2)17-18(24)22-20(26)23(19(17)25)14-9-11-15(27-3)12-10-14/h9-12,17H,4-8,13H2,1-3H3,(H,22,24,26). The number of imide groups is 2. The summed E-state index contributed by atoms with van der Waals surface area (Å²) in [5, 5.41) is 2.28. The van der Waals surface area contributed by atoms with Crippen molar-refractivity contribution in [3.8, 4) is 5.75 Å². The minimum Gasteiger partial charge on any atom is -0.497 e. The zero-order chi connectivity index (χ0) is 19.8. The number of carbonyl (C=O) groups excluding carboxylic acids is 3. The second-order valence-corrected chi connectivity index (χ2v) is 6.39. The van der Waals surface area contributed by atoms with Crippen molar-refractivity contribution in [3.63, 3.8) is 0 Å². The fourth-order valence-electron chi connectivity index (χ4n) is 3.01. The highest BCUT2D eigenvalue weighted by Crippen LogP contribution is 2.24. The fraction of sp³-hybridized carbons (Fsp3) is 0.500. The van der Waals surface area contributed by atoms with E-state index in [4.69, 9.17) is 4.74 Å². The highest BCUT2D eigenvalue weighted by atomic mass is 16.5. The minimum absolute atomic E-state index is 0.384. The van der Waals surface area contributed by atoms with Crippen molar-refractivity contribution in [2.24, 2.45) is 10.9 Å². The molecule has 1 aromatic carbocycles. The van der Waals surface area contributed by atoms with E-state index in [-0.39, 0.29) is 0 Å². The van der Waals surface area contributed by atoms with Crippen molar-refractivity contribution in [1.82, 2.24) is 5.32 Å². The Balaban J connectivity index is 2.22. The van der Waals surface area contributed by atoms with Crippen LogP contribution in [0, 0.1) is 5.92 Å². The first-order valence-electron chi connectivity index (χ1n) is 9.39. The smallest absolute Gasteiger partial charge is 0.335 e. The first-order chi connectivity index (χ1) is 13.0. The molecule has 0 radical (unpaired) electrons.